The molecule has 0 N–H and O–H groups in total. The van der Waals surface area contributed by atoms with Crippen molar-refractivity contribution >= 4 is 15.9 Å². The molecule has 0 aliphatic carbocycles. The van der Waals surface area contributed by atoms with E-state index in [1.54, 1.807) is 0 Å². The van der Waals surface area contributed by atoms with E-state index in [0.29, 0.717) is 0 Å². The van der Waals surface area contributed by atoms with E-state index in [4.69, 9.17) is 0 Å². The van der Waals surface area contributed by atoms with Gasteiger partial charge in [-0.3, -0.25) is 0 Å². The Balaban J connectivity index is 0.000000232. The number of hydrogen-bond donors (Lipinski definition) is 0. The van der Waals surface area contributed by atoms with Crippen LogP contribution in [0.4, 0.5) is 39.5 Å². The van der Waals surface area contributed by atoms with Crippen molar-refractivity contribution in [3.8, 4) is 11.1 Å². The average Bonchev–Trinajstić information content (AvgIpc) is 2.63. The number of benzene rings is 2. The molecule has 1 nitrogen and oxygen atoms in total. The molecule has 3 rings (SSSR count). The smallest absolute Gasteiger partial charge is 0.228 e. The van der Waals surface area contributed by atoms with E-state index in [9.17, 15) is 39.5 Å². The third kappa shape index (κ3) is 5.74. The van der Waals surface area contributed by atoms with Gasteiger partial charge in [-0.25, -0.2) is 13.8 Å². The summed E-state index contributed by atoms with van der Waals surface area (Å²) in [6, 6.07) is 7.36. The lowest BCUT2D eigenvalue weighted by atomic mass is 10.00. The molecular weight excluding hydrogens is 493 g/mol. The normalized spacial score (nSPS) is 11.7. The van der Waals surface area contributed by atoms with Crippen molar-refractivity contribution in [3.05, 3.63) is 87.9 Å². The Labute approximate surface area is 172 Å². The van der Waals surface area contributed by atoms with Crippen LogP contribution in [0.5, 0.6) is 0 Å². The molecule has 0 saturated carbocycles. The zero-order valence-electron chi connectivity index (χ0n) is 14.4. The summed E-state index contributed by atoms with van der Waals surface area (Å²) in [4.78, 5) is 3.22. The first-order valence-corrected chi connectivity index (χ1v) is 8.60. The van der Waals surface area contributed by atoms with E-state index >= 15 is 0 Å². The lowest BCUT2D eigenvalue weighted by Crippen LogP contribution is -2.08. The molecule has 0 aliphatic rings. The Morgan fingerprint density at radius 1 is 0.667 bits per heavy atom. The van der Waals surface area contributed by atoms with E-state index in [2.05, 4.69) is 20.9 Å². The van der Waals surface area contributed by atoms with Crippen LogP contribution in [0.1, 0.15) is 11.1 Å². The molecule has 160 valence electrons. The summed E-state index contributed by atoms with van der Waals surface area (Å²) in [6.45, 7) is 0. The van der Waals surface area contributed by atoms with Gasteiger partial charge in [0.25, 0.3) is 0 Å². The number of pyridine rings is 1. The number of halogens is 10. The summed E-state index contributed by atoms with van der Waals surface area (Å²) in [7, 11) is 0. The van der Waals surface area contributed by atoms with Crippen LogP contribution in [-0.4, -0.2) is 4.98 Å². The predicted molar refractivity (Wildman–Crippen MR) is 93.7 cm³/mol. The Hall–Kier alpha value is -2.56. The standard InChI is InChI=1S/C12H6F5N.C7H3BrF4/c13-9-3-1-2-8(12(15,16)17)11(9)7-4-5-10(14)18-6-7;8-6-4(7(10,11)12)2-1-3-5(6)9/h1-6H;1-3H. The Kier molecular flexibility index (Phi) is 7.17. The minimum absolute atomic E-state index is 0.123. The quantitative estimate of drug-likeness (QED) is 0.246. The maximum absolute atomic E-state index is 13.5. The molecule has 3 aromatic rings. The van der Waals surface area contributed by atoms with E-state index in [1.807, 2.05) is 0 Å². The van der Waals surface area contributed by atoms with Gasteiger partial charge in [0.15, 0.2) is 0 Å². The highest BCUT2D eigenvalue weighted by molar-refractivity contribution is 9.10. The summed E-state index contributed by atoms with van der Waals surface area (Å²) in [5.41, 5.74) is -2.86. The van der Waals surface area contributed by atoms with Gasteiger partial charge in [0, 0.05) is 17.3 Å². The maximum Gasteiger partial charge on any atom is 0.417 e. The van der Waals surface area contributed by atoms with Gasteiger partial charge in [0.2, 0.25) is 5.95 Å². The van der Waals surface area contributed by atoms with Gasteiger partial charge in [-0.15, -0.1) is 0 Å². The highest BCUT2D eigenvalue weighted by Crippen LogP contribution is 2.38. The van der Waals surface area contributed by atoms with Gasteiger partial charge in [0.1, 0.15) is 11.6 Å². The van der Waals surface area contributed by atoms with Crippen molar-refractivity contribution in [1.29, 1.82) is 0 Å². The summed E-state index contributed by atoms with van der Waals surface area (Å²) < 4.78 is 112. The van der Waals surface area contributed by atoms with E-state index in [-0.39, 0.29) is 5.56 Å². The first-order valence-electron chi connectivity index (χ1n) is 7.81. The fourth-order valence-corrected chi connectivity index (χ4v) is 2.79. The topological polar surface area (TPSA) is 12.9 Å². The molecule has 0 aliphatic heterocycles. The van der Waals surface area contributed by atoms with Gasteiger partial charge in [-0.2, -0.15) is 30.7 Å². The molecule has 0 saturated heterocycles. The van der Waals surface area contributed by atoms with Crippen molar-refractivity contribution in [2.75, 3.05) is 0 Å². The summed E-state index contributed by atoms with van der Waals surface area (Å²) in [6.07, 6.45) is -8.34. The number of rotatable bonds is 1. The molecule has 0 spiro atoms. The molecule has 0 atom stereocenters. The Morgan fingerprint density at radius 3 is 1.67 bits per heavy atom. The molecule has 2 aromatic carbocycles. The predicted octanol–water partition coefficient (Wildman–Crippen LogP) is 7.65. The molecule has 0 bridgehead atoms. The van der Waals surface area contributed by atoms with Crippen LogP contribution in [0, 0.1) is 17.6 Å². The van der Waals surface area contributed by atoms with Crippen LogP contribution >= 0.6 is 15.9 Å². The van der Waals surface area contributed by atoms with E-state index in [0.717, 1.165) is 54.7 Å². The van der Waals surface area contributed by atoms with Gasteiger partial charge in [-0.1, -0.05) is 12.1 Å². The van der Waals surface area contributed by atoms with Crippen LogP contribution < -0.4 is 0 Å². The second-order valence-corrected chi connectivity index (χ2v) is 6.42. The highest BCUT2D eigenvalue weighted by atomic mass is 79.9. The van der Waals surface area contributed by atoms with Crippen molar-refractivity contribution < 1.29 is 39.5 Å². The van der Waals surface area contributed by atoms with Crippen LogP contribution in [0.2, 0.25) is 0 Å². The molecular formula is C19H9BrF9N. The summed E-state index contributed by atoms with van der Waals surface area (Å²) in [5.74, 6) is -2.79. The van der Waals surface area contributed by atoms with E-state index in [1.165, 1.54) is 0 Å². The molecule has 1 aromatic heterocycles. The first kappa shape index (κ1) is 23.7. The molecule has 1 heterocycles. The van der Waals surface area contributed by atoms with Gasteiger partial charge >= 0.3 is 12.4 Å². The summed E-state index contributed by atoms with van der Waals surface area (Å²) in [5, 5.41) is 0. The number of hydrogen-bond acceptors (Lipinski definition) is 1. The number of nitrogens with zero attached hydrogens (tertiary/aromatic N) is 1. The molecule has 0 amide bonds. The molecule has 11 heteroatoms. The fourth-order valence-electron chi connectivity index (χ4n) is 2.30. The van der Waals surface area contributed by atoms with Gasteiger partial charge < -0.3 is 0 Å². The minimum atomic E-state index is -4.69. The van der Waals surface area contributed by atoms with Crippen molar-refractivity contribution in [2.24, 2.45) is 0 Å². The van der Waals surface area contributed by atoms with Crippen molar-refractivity contribution in [3.63, 3.8) is 0 Å². The zero-order chi connectivity index (χ0) is 22.7. The minimum Gasteiger partial charge on any atom is -0.228 e. The Morgan fingerprint density at radius 2 is 1.20 bits per heavy atom. The average molecular weight is 502 g/mol. The van der Waals surface area contributed by atoms with Gasteiger partial charge in [0.05, 0.1) is 15.6 Å². The number of aromatic nitrogens is 1. The van der Waals surface area contributed by atoms with Crippen molar-refractivity contribution in [2.45, 2.75) is 12.4 Å². The van der Waals surface area contributed by atoms with Crippen molar-refractivity contribution in [1.82, 2.24) is 4.98 Å². The lowest BCUT2D eigenvalue weighted by molar-refractivity contribution is -0.138. The molecule has 0 radical (unpaired) electrons. The number of alkyl halides is 6. The lowest BCUT2D eigenvalue weighted by Gasteiger charge is -2.13. The third-order valence-corrected chi connectivity index (χ3v) is 4.40. The van der Waals surface area contributed by atoms with E-state index < -0.39 is 51.1 Å². The molecule has 0 unspecified atom stereocenters. The Bertz CT molecular complexity index is 1010. The van der Waals surface area contributed by atoms with Crippen LogP contribution in [0.15, 0.2) is 59.2 Å². The van der Waals surface area contributed by atoms with Crippen LogP contribution in [0.3, 0.4) is 0 Å². The monoisotopic (exact) mass is 501 g/mol. The highest BCUT2D eigenvalue weighted by Gasteiger charge is 2.35. The largest absolute Gasteiger partial charge is 0.417 e. The molecule has 30 heavy (non-hydrogen) atoms. The second-order valence-electron chi connectivity index (χ2n) is 5.63. The van der Waals surface area contributed by atoms with Crippen LogP contribution in [-0.2, 0) is 12.4 Å². The fraction of sp³-hybridized carbons (Fsp3) is 0.105. The molecule has 0 fully saturated rings. The SMILES string of the molecule is Fc1ccc(-c2c(F)cccc2C(F)(F)F)cn1.Fc1cccc(C(F)(F)F)c1Br. The van der Waals surface area contributed by atoms with Gasteiger partial charge in [-0.05, 0) is 52.3 Å². The third-order valence-electron chi connectivity index (χ3n) is 3.59. The zero-order valence-corrected chi connectivity index (χ0v) is 16.0. The van der Waals surface area contributed by atoms with Crippen LogP contribution in [0.25, 0.3) is 11.1 Å². The maximum atomic E-state index is 13.5. The second kappa shape index (κ2) is 9.07. The first-order chi connectivity index (χ1) is 13.8. The summed E-state index contributed by atoms with van der Waals surface area (Å²) >= 11 is 2.52.